The molecule has 3 nitrogen and oxygen atoms in total. The Kier molecular flexibility index (Phi) is 5.46. The van der Waals surface area contributed by atoms with Crippen LogP contribution in [0.3, 0.4) is 0 Å². The summed E-state index contributed by atoms with van der Waals surface area (Å²) >= 11 is 0. The summed E-state index contributed by atoms with van der Waals surface area (Å²) in [5, 5.41) is 28.1. The van der Waals surface area contributed by atoms with E-state index in [2.05, 4.69) is 0 Å². The summed E-state index contributed by atoms with van der Waals surface area (Å²) in [6.45, 7) is 5.55. The van der Waals surface area contributed by atoms with Gasteiger partial charge in [0, 0.05) is 0 Å². The van der Waals surface area contributed by atoms with E-state index in [-0.39, 0.29) is 5.92 Å². The lowest BCUT2D eigenvalue weighted by Gasteiger charge is -2.25. The SMILES string of the molecule is CCC[C@@H](O)[C@H](O)[C@H](O)C(C)C. The third-order valence-electron chi connectivity index (χ3n) is 2.01. The van der Waals surface area contributed by atoms with E-state index in [9.17, 15) is 15.3 Å². The van der Waals surface area contributed by atoms with Crippen LogP contribution in [0.1, 0.15) is 33.6 Å². The molecular formula is C9H20O3. The van der Waals surface area contributed by atoms with Gasteiger partial charge in [-0.05, 0) is 12.3 Å². The summed E-state index contributed by atoms with van der Waals surface area (Å²) < 4.78 is 0. The Labute approximate surface area is 74.0 Å². The van der Waals surface area contributed by atoms with Gasteiger partial charge in [-0.2, -0.15) is 0 Å². The van der Waals surface area contributed by atoms with Crippen LogP contribution < -0.4 is 0 Å². The molecule has 0 aromatic heterocycles. The number of aliphatic hydroxyl groups is 3. The van der Waals surface area contributed by atoms with Crippen molar-refractivity contribution in [2.45, 2.75) is 51.9 Å². The highest BCUT2D eigenvalue weighted by Crippen LogP contribution is 2.12. The zero-order valence-electron chi connectivity index (χ0n) is 8.07. The van der Waals surface area contributed by atoms with Crippen LogP contribution >= 0.6 is 0 Å². The fourth-order valence-electron chi connectivity index (χ4n) is 1.09. The Morgan fingerprint density at radius 2 is 1.50 bits per heavy atom. The van der Waals surface area contributed by atoms with Crippen LogP contribution in [0.25, 0.3) is 0 Å². The van der Waals surface area contributed by atoms with E-state index in [4.69, 9.17) is 0 Å². The maximum atomic E-state index is 9.39. The molecule has 0 heterocycles. The highest BCUT2D eigenvalue weighted by molar-refractivity contribution is 4.76. The van der Waals surface area contributed by atoms with Crippen molar-refractivity contribution in [3.05, 3.63) is 0 Å². The van der Waals surface area contributed by atoms with Gasteiger partial charge in [0.05, 0.1) is 12.2 Å². The first kappa shape index (κ1) is 11.9. The summed E-state index contributed by atoms with van der Waals surface area (Å²) in [7, 11) is 0. The van der Waals surface area contributed by atoms with Crippen LogP contribution in [0, 0.1) is 5.92 Å². The molecule has 12 heavy (non-hydrogen) atoms. The Morgan fingerprint density at radius 3 is 1.83 bits per heavy atom. The highest BCUT2D eigenvalue weighted by Gasteiger charge is 2.25. The van der Waals surface area contributed by atoms with Gasteiger partial charge in [-0.25, -0.2) is 0 Å². The largest absolute Gasteiger partial charge is 0.390 e. The Morgan fingerprint density at radius 1 is 1.00 bits per heavy atom. The summed E-state index contributed by atoms with van der Waals surface area (Å²) in [6, 6.07) is 0. The fourth-order valence-corrected chi connectivity index (χ4v) is 1.09. The second kappa shape index (κ2) is 5.51. The van der Waals surface area contributed by atoms with E-state index < -0.39 is 18.3 Å². The molecule has 0 saturated heterocycles. The maximum Gasteiger partial charge on any atom is 0.106 e. The smallest absolute Gasteiger partial charge is 0.106 e. The normalized spacial score (nSPS) is 19.2. The van der Waals surface area contributed by atoms with E-state index in [1.807, 2.05) is 20.8 Å². The summed E-state index contributed by atoms with van der Waals surface area (Å²) in [5.74, 6) is -0.0218. The van der Waals surface area contributed by atoms with E-state index in [0.717, 1.165) is 6.42 Å². The third kappa shape index (κ3) is 3.52. The minimum atomic E-state index is -1.01. The van der Waals surface area contributed by atoms with Crippen LogP contribution in [0.4, 0.5) is 0 Å². The third-order valence-corrected chi connectivity index (χ3v) is 2.01. The molecule has 0 bridgehead atoms. The molecule has 0 aromatic rings. The van der Waals surface area contributed by atoms with Crippen molar-refractivity contribution in [1.82, 2.24) is 0 Å². The van der Waals surface area contributed by atoms with E-state index in [0.29, 0.717) is 6.42 Å². The van der Waals surface area contributed by atoms with Crippen LogP contribution in [0.2, 0.25) is 0 Å². The molecule has 3 heteroatoms. The van der Waals surface area contributed by atoms with Gasteiger partial charge in [0.25, 0.3) is 0 Å². The quantitative estimate of drug-likeness (QED) is 0.572. The fraction of sp³-hybridized carbons (Fsp3) is 1.00. The van der Waals surface area contributed by atoms with E-state index in [1.54, 1.807) is 0 Å². The van der Waals surface area contributed by atoms with Gasteiger partial charge in [-0.1, -0.05) is 27.2 Å². The summed E-state index contributed by atoms with van der Waals surface area (Å²) in [5.41, 5.74) is 0. The summed E-state index contributed by atoms with van der Waals surface area (Å²) in [6.07, 6.45) is -1.29. The molecule has 0 amide bonds. The molecule has 0 radical (unpaired) electrons. The van der Waals surface area contributed by atoms with Crippen molar-refractivity contribution in [1.29, 1.82) is 0 Å². The maximum absolute atomic E-state index is 9.39. The molecule has 74 valence electrons. The van der Waals surface area contributed by atoms with Crippen molar-refractivity contribution in [3.8, 4) is 0 Å². The first-order chi connectivity index (χ1) is 5.50. The minimum Gasteiger partial charge on any atom is -0.390 e. The molecule has 0 unspecified atom stereocenters. The van der Waals surface area contributed by atoms with Crippen molar-refractivity contribution >= 4 is 0 Å². The van der Waals surface area contributed by atoms with Crippen molar-refractivity contribution in [2.75, 3.05) is 0 Å². The molecule has 0 rings (SSSR count). The first-order valence-corrected chi connectivity index (χ1v) is 4.54. The molecule has 0 fully saturated rings. The first-order valence-electron chi connectivity index (χ1n) is 4.54. The van der Waals surface area contributed by atoms with Gasteiger partial charge in [-0.3, -0.25) is 0 Å². The Bertz CT molecular complexity index is 114. The zero-order chi connectivity index (χ0) is 9.72. The standard InChI is InChI=1S/C9H20O3/c1-4-5-7(10)9(12)8(11)6(2)3/h6-12H,4-5H2,1-3H3/t7-,8-,9+/m1/s1. The van der Waals surface area contributed by atoms with Crippen LogP contribution in [0.15, 0.2) is 0 Å². The lowest BCUT2D eigenvalue weighted by Crippen LogP contribution is -2.40. The lowest BCUT2D eigenvalue weighted by atomic mass is 9.96. The number of hydrogen-bond donors (Lipinski definition) is 3. The molecule has 0 aliphatic rings. The van der Waals surface area contributed by atoms with E-state index >= 15 is 0 Å². The predicted octanol–water partition coefficient (Wildman–Crippen LogP) is 0.525. The average Bonchev–Trinajstić information content (AvgIpc) is 2.02. The van der Waals surface area contributed by atoms with Crippen LogP contribution in [-0.4, -0.2) is 33.6 Å². The number of hydrogen-bond acceptors (Lipinski definition) is 3. The van der Waals surface area contributed by atoms with Crippen molar-refractivity contribution < 1.29 is 15.3 Å². The van der Waals surface area contributed by atoms with Gasteiger partial charge in [0.2, 0.25) is 0 Å². The van der Waals surface area contributed by atoms with Crippen molar-refractivity contribution in [3.63, 3.8) is 0 Å². The Hall–Kier alpha value is -0.120. The predicted molar refractivity (Wildman–Crippen MR) is 47.8 cm³/mol. The van der Waals surface area contributed by atoms with Gasteiger partial charge in [-0.15, -0.1) is 0 Å². The van der Waals surface area contributed by atoms with Gasteiger partial charge < -0.3 is 15.3 Å². The second-order valence-corrected chi connectivity index (χ2v) is 3.58. The topological polar surface area (TPSA) is 60.7 Å². The Balaban J connectivity index is 3.90. The molecular weight excluding hydrogens is 156 g/mol. The van der Waals surface area contributed by atoms with E-state index in [1.165, 1.54) is 0 Å². The van der Waals surface area contributed by atoms with Crippen LogP contribution in [0.5, 0.6) is 0 Å². The molecule has 3 N–H and O–H groups in total. The highest BCUT2D eigenvalue weighted by atomic mass is 16.4. The summed E-state index contributed by atoms with van der Waals surface area (Å²) in [4.78, 5) is 0. The average molecular weight is 176 g/mol. The molecule has 3 atom stereocenters. The molecule has 0 aromatic carbocycles. The molecule has 0 aliphatic heterocycles. The zero-order valence-corrected chi connectivity index (χ0v) is 8.07. The lowest BCUT2D eigenvalue weighted by molar-refractivity contribution is -0.0776. The van der Waals surface area contributed by atoms with Gasteiger partial charge in [0.1, 0.15) is 6.10 Å². The van der Waals surface area contributed by atoms with Gasteiger partial charge >= 0.3 is 0 Å². The second-order valence-electron chi connectivity index (χ2n) is 3.58. The monoisotopic (exact) mass is 176 g/mol. The number of rotatable bonds is 5. The van der Waals surface area contributed by atoms with Crippen LogP contribution in [-0.2, 0) is 0 Å². The van der Waals surface area contributed by atoms with Gasteiger partial charge in [0.15, 0.2) is 0 Å². The molecule has 0 spiro atoms. The molecule has 0 aliphatic carbocycles. The molecule has 0 saturated carbocycles. The van der Waals surface area contributed by atoms with Crippen molar-refractivity contribution in [2.24, 2.45) is 5.92 Å². The number of aliphatic hydroxyl groups excluding tert-OH is 3. The minimum absolute atomic E-state index is 0.0218.